The van der Waals surface area contributed by atoms with E-state index in [1.165, 1.54) is 0 Å². The number of nitrogens with two attached hydrogens (primary N) is 1. The van der Waals surface area contributed by atoms with E-state index in [0.717, 1.165) is 29.5 Å². The van der Waals surface area contributed by atoms with E-state index in [1.54, 1.807) is 0 Å². The van der Waals surface area contributed by atoms with Crippen molar-refractivity contribution in [1.29, 1.82) is 0 Å². The molecule has 0 spiro atoms. The Morgan fingerprint density at radius 1 is 1.35 bits per heavy atom. The van der Waals surface area contributed by atoms with Crippen LogP contribution in [0.25, 0.3) is 0 Å². The maximum absolute atomic E-state index is 12.5. The molecule has 1 aliphatic heterocycles. The molecule has 2 rings (SSSR count). The minimum absolute atomic E-state index is 0.0699. The number of piperidine rings is 1. The van der Waals surface area contributed by atoms with Gasteiger partial charge in [0.05, 0.1) is 0 Å². The molecule has 20 heavy (non-hydrogen) atoms. The Kier molecular flexibility index (Phi) is 4.27. The van der Waals surface area contributed by atoms with Crippen molar-refractivity contribution < 1.29 is 10.0 Å². The first-order valence-electron chi connectivity index (χ1n) is 6.87. The summed E-state index contributed by atoms with van der Waals surface area (Å²) in [6.07, 6.45) is 1.49. The third-order valence-corrected chi connectivity index (χ3v) is 3.93. The number of nitrogens with zero attached hydrogens (tertiary/aromatic N) is 2. The first-order valence-corrected chi connectivity index (χ1v) is 6.87. The van der Waals surface area contributed by atoms with Crippen molar-refractivity contribution >= 4 is 11.7 Å². The Morgan fingerprint density at radius 3 is 2.55 bits per heavy atom. The molecule has 1 aromatic rings. The van der Waals surface area contributed by atoms with E-state index in [-0.39, 0.29) is 17.7 Å². The van der Waals surface area contributed by atoms with Crippen LogP contribution < -0.4 is 5.73 Å². The van der Waals surface area contributed by atoms with Crippen LogP contribution in [-0.4, -0.2) is 34.9 Å². The quantitative estimate of drug-likeness (QED) is 0.374. The zero-order valence-electron chi connectivity index (χ0n) is 12.0. The molecule has 0 radical (unpaired) electrons. The summed E-state index contributed by atoms with van der Waals surface area (Å²) < 4.78 is 0. The van der Waals surface area contributed by atoms with Crippen molar-refractivity contribution in [1.82, 2.24) is 4.90 Å². The van der Waals surface area contributed by atoms with Gasteiger partial charge in [0.15, 0.2) is 0 Å². The largest absolute Gasteiger partial charge is 0.409 e. The van der Waals surface area contributed by atoms with Gasteiger partial charge in [-0.25, -0.2) is 0 Å². The van der Waals surface area contributed by atoms with Crippen LogP contribution in [0.5, 0.6) is 0 Å². The fraction of sp³-hybridized carbons (Fsp3) is 0.467. The van der Waals surface area contributed by atoms with Gasteiger partial charge < -0.3 is 15.8 Å². The number of carbonyl (C=O) groups excluding carboxylic acids is 1. The number of benzene rings is 1. The Hall–Kier alpha value is -2.04. The molecule has 0 atom stereocenters. The molecular formula is C15H21N3O2. The van der Waals surface area contributed by atoms with Gasteiger partial charge in [0, 0.05) is 24.6 Å². The first kappa shape index (κ1) is 14.4. The molecule has 1 fully saturated rings. The van der Waals surface area contributed by atoms with Crippen molar-refractivity contribution in [3.8, 4) is 0 Å². The van der Waals surface area contributed by atoms with Crippen molar-refractivity contribution in [3.63, 3.8) is 0 Å². The van der Waals surface area contributed by atoms with Crippen LogP contribution in [-0.2, 0) is 0 Å². The smallest absolute Gasteiger partial charge is 0.254 e. The number of likely N-dealkylation sites (tertiary alicyclic amines) is 1. The van der Waals surface area contributed by atoms with E-state index < -0.39 is 0 Å². The molecule has 1 saturated heterocycles. The summed E-state index contributed by atoms with van der Waals surface area (Å²) in [6, 6.07) is 5.88. The van der Waals surface area contributed by atoms with Gasteiger partial charge in [0.25, 0.3) is 5.91 Å². The number of rotatable bonds is 2. The number of hydrogen-bond donors (Lipinski definition) is 2. The number of oxime groups is 1. The summed E-state index contributed by atoms with van der Waals surface area (Å²) in [4.78, 5) is 14.3. The molecule has 1 aliphatic rings. The molecule has 0 saturated carbocycles. The zero-order chi connectivity index (χ0) is 14.7. The SMILES string of the molecule is Cc1ccc(C(=O)N2CCC(C(N)=NO)CC2)c(C)c1. The van der Waals surface area contributed by atoms with Gasteiger partial charge in [-0.15, -0.1) is 0 Å². The van der Waals surface area contributed by atoms with Crippen LogP contribution in [0.3, 0.4) is 0 Å². The molecule has 1 aromatic carbocycles. The second kappa shape index (κ2) is 5.94. The highest BCUT2D eigenvalue weighted by Crippen LogP contribution is 2.20. The van der Waals surface area contributed by atoms with Gasteiger partial charge in [-0.2, -0.15) is 0 Å². The highest BCUT2D eigenvalue weighted by Gasteiger charge is 2.26. The average molecular weight is 275 g/mol. The zero-order valence-corrected chi connectivity index (χ0v) is 12.0. The lowest BCUT2D eigenvalue weighted by Gasteiger charge is -2.31. The van der Waals surface area contributed by atoms with E-state index in [1.807, 2.05) is 36.9 Å². The number of hydrogen-bond acceptors (Lipinski definition) is 3. The van der Waals surface area contributed by atoms with Crippen molar-refractivity contribution in [3.05, 3.63) is 34.9 Å². The van der Waals surface area contributed by atoms with Crippen LogP contribution >= 0.6 is 0 Å². The van der Waals surface area contributed by atoms with Crippen LogP contribution in [0.1, 0.15) is 34.3 Å². The van der Waals surface area contributed by atoms with Gasteiger partial charge in [-0.1, -0.05) is 22.9 Å². The minimum Gasteiger partial charge on any atom is -0.409 e. The monoisotopic (exact) mass is 275 g/mol. The van der Waals surface area contributed by atoms with E-state index in [4.69, 9.17) is 10.9 Å². The van der Waals surface area contributed by atoms with Crippen LogP contribution in [0.2, 0.25) is 0 Å². The highest BCUT2D eigenvalue weighted by atomic mass is 16.4. The Balaban J connectivity index is 2.05. The molecular weight excluding hydrogens is 254 g/mol. The molecule has 1 amide bonds. The van der Waals surface area contributed by atoms with Crippen LogP contribution in [0.4, 0.5) is 0 Å². The summed E-state index contributed by atoms with van der Waals surface area (Å²) in [5.74, 6) is 0.409. The molecule has 5 nitrogen and oxygen atoms in total. The molecule has 5 heteroatoms. The standard InChI is InChI=1S/C15H21N3O2/c1-10-3-4-13(11(2)9-10)15(19)18-7-5-12(6-8-18)14(16)17-20/h3-4,9,12,20H,5-8H2,1-2H3,(H2,16,17). The number of amidine groups is 1. The van der Waals surface area contributed by atoms with Gasteiger partial charge in [0.1, 0.15) is 5.84 Å². The minimum atomic E-state index is 0.0699. The Morgan fingerprint density at radius 2 is 2.00 bits per heavy atom. The van der Waals surface area contributed by atoms with Crippen molar-refractivity contribution in [2.24, 2.45) is 16.8 Å². The van der Waals surface area contributed by atoms with Crippen molar-refractivity contribution in [2.75, 3.05) is 13.1 Å². The van der Waals surface area contributed by atoms with Gasteiger partial charge in [0.2, 0.25) is 0 Å². The van der Waals surface area contributed by atoms with Gasteiger partial charge in [-0.05, 0) is 38.3 Å². The molecule has 3 N–H and O–H groups in total. The maximum Gasteiger partial charge on any atom is 0.254 e. The predicted molar refractivity (Wildman–Crippen MR) is 78.0 cm³/mol. The van der Waals surface area contributed by atoms with Crippen LogP contribution in [0, 0.1) is 19.8 Å². The Labute approximate surface area is 119 Å². The number of amides is 1. The highest BCUT2D eigenvalue weighted by molar-refractivity contribution is 5.96. The number of carbonyl (C=O) groups is 1. The lowest BCUT2D eigenvalue weighted by molar-refractivity contribution is 0.0708. The molecule has 108 valence electrons. The average Bonchev–Trinajstić information content (AvgIpc) is 2.46. The second-order valence-corrected chi connectivity index (χ2v) is 5.41. The third kappa shape index (κ3) is 2.92. The first-order chi connectivity index (χ1) is 9.52. The topological polar surface area (TPSA) is 78.9 Å². The summed E-state index contributed by atoms with van der Waals surface area (Å²) in [7, 11) is 0. The second-order valence-electron chi connectivity index (χ2n) is 5.41. The fourth-order valence-electron chi connectivity index (χ4n) is 2.68. The van der Waals surface area contributed by atoms with Crippen molar-refractivity contribution in [2.45, 2.75) is 26.7 Å². The molecule has 0 aliphatic carbocycles. The summed E-state index contributed by atoms with van der Waals surface area (Å²) in [5.41, 5.74) is 8.54. The maximum atomic E-state index is 12.5. The lowest BCUT2D eigenvalue weighted by Crippen LogP contribution is -2.42. The van der Waals surface area contributed by atoms with E-state index in [9.17, 15) is 4.79 Å². The molecule has 0 unspecified atom stereocenters. The third-order valence-electron chi connectivity index (χ3n) is 3.93. The van der Waals surface area contributed by atoms with E-state index >= 15 is 0 Å². The summed E-state index contributed by atoms with van der Waals surface area (Å²) >= 11 is 0. The number of aryl methyl sites for hydroxylation is 2. The van der Waals surface area contributed by atoms with Crippen LogP contribution in [0.15, 0.2) is 23.4 Å². The van der Waals surface area contributed by atoms with Gasteiger partial charge in [-0.3, -0.25) is 4.79 Å². The molecule has 0 bridgehead atoms. The molecule has 1 heterocycles. The summed E-state index contributed by atoms with van der Waals surface area (Å²) in [5, 5.41) is 11.7. The van der Waals surface area contributed by atoms with Gasteiger partial charge >= 0.3 is 0 Å². The van der Waals surface area contributed by atoms with E-state index in [2.05, 4.69) is 5.16 Å². The fourth-order valence-corrected chi connectivity index (χ4v) is 2.68. The Bertz CT molecular complexity index is 532. The normalized spacial score (nSPS) is 17.3. The van der Waals surface area contributed by atoms with E-state index in [0.29, 0.717) is 13.1 Å². The summed E-state index contributed by atoms with van der Waals surface area (Å²) in [6.45, 7) is 5.27. The molecule has 0 aromatic heterocycles. The lowest BCUT2D eigenvalue weighted by atomic mass is 9.95. The predicted octanol–water partition coefficient (Wildman–Crippen LogP) is 1.90.